The number of pyridine rings is 1. The summed E-state index contributed by atoms with van der Waals surface area (Å²) in [6.07, 6.45) is 1.06. The van der Waals surface area contributed by atoms with Gasteiger partial charge in [-0.15, -0.1) is 0 Å². The van der Waals surface area contributed by atoms with Crippen molar-refractivity contribution in [3.8, 4) is 5.75 Å². The van der Waals surface area contributed by atoms with Crippen molar-refractivity contribution < 1.29 is 9.47 Å². The predicted molar refractivity (Wildman–Crippen MR) is 77.5 cm³/mol. The second-order valence-electron chi connectivity index (χ2n) is 5.10. The van der Waals surface area contributed by atoms with Crippen molar-refractivity contribution in [1.29, 1.82) is 0 Å². The molecule has 1 N–H and O–H groups in total. The van der Waals surface area contributed by atoms with E-state index in [2.05, 4.69) is 24.1 Å². The summed E-state index contributed by atoms with van der Waals surface area (Å²) in [5.74, 6) is 1.54. The van der Waals surface area contributed by atoms with Crippen LogP contribution in [0.2, 0.25) is 0 Å². The Morgan fingerprint density at radius 2 is 2.05 bits per heavy atom. The van der Waals surface area contributed by atoms with Crippen molar-refractivity contribution in [2.75, 3.05) is 26.9 Å². The summed E-state index contributed by atoms with van der Waals surface area (Å²) >= 11 is 0. The standard InChI is InChI=1S/C15H26N2O2/c1-12(2)7-9-19-15-6-5-13(3)17-14(15)11-16-8-10-18-4/h5-6,12,16H,7-11H2,1-4H3. The number of nitrogens with one attached hydrogen (secondary N) is 1. The van der Waals surface area contributed by atoms with Crippen molar-refractivity contribution in [1.82, 2.24) is 10.3 Å². The van der Waals surface area contributed by atoms with Gasteiger partial charge in [0, 0.05) is 25.9 Å². The molecule has 1 rings (SSSR count). The van der Waals surface area contributed by atoms with E-state index in [1.54, 1.807) is 7.11 Å². The molecule has 0 bridgehead atoms. The SMILES string of the molecule is COCCNCc1nc(C)ccc1OCCC(C)C. The van der Waals surface area contributed by atoms with E-state index < -0.39 is 0 Å². The van der Waals surface area contributed by atoms with Crippen LogP contribution in [0.1, 0.15) is 31.7 Å². The summed E-state index contributed by atoms with van der Waals surface area (Å²) in [4.78, 5) is 4.54. The van der Waals surface area contributed by atoms with Gasteiger partial charge in [0.2, 0.25) is 0 Å². The van der Waals surface area contributed by atoms with E-state index in [4.69, 9.17) is 9.47 Å². The van der Waals surface area contributed by atoms with Crippen LogP contribution < -0.4 is 10.1 Å². The van der Waals surface area contributed by atoms with Gasteiger partial charge < -0.3 is 14.8 Å². The first-order chi connectivity index (χ1) is 9.13. The summed E-state index contributed by atoms with van der Waals surface area (Å²) in [5, 5.41) is 3.30. The fourth-order valence-electron chi connectivity index (χ4n) is 1.64. The molecule has 0 amide bonds. The molecule has 1 aromatic heterocycles. The fourth-order valence-corrected chi connectivity index (χ4v) is 1.64. The van der Waals surface area contributed by atoms with Crippen LogP contribution in [0.5, 0.6) is 5.75 Å². The Balaban J connectivity index is 2.53. The predicted octanol–water partition coefficient (Wildman–Crippen LogP) is 2.55. The molecule has 0 fully saturated rings. The lowest BCUT2D eigenvalue weighted by atomic mass is 10.1. The molecule has 0 atom stereocenters. The van der Waals surface area contributed by atoms with Crippen molar-refractivity contribution in [3.05, 3.63) is 23.5 Å². The Morgan fingerprint density at radius 3 is 2.74 bits per heavy atom. The van der Waals surface area contributed by atoms with Crippen molar-refractivity contribution >= 4 is 0 Å². The van der Waals surface area contributed by atoms with Gasteiger partial charge in [0.15, 0.2) is 0 Å². The maximum atomic E-state index is 5.83. The quantitative estimate of drug-likeness (QED) is 0.698. The van der Waals surface area contributed by atoms with Gasteiger partial charge in [-0.05, 0) is 31.4 Å². The number of ether oxygens (including phenoxy) is 2. The van der Waals surface area contributed by atoms with Crippen LogP contribution in [0.3, 0.4) is 0 Å². The Bertz CT molecular complexity index is 367. The molecule has 0 aliphatic heterocycles. The third-order valence-electron chi connectivity index (χ3n) is 2.80. The highest BCUT2D eigenvalue weighted by atomic mass is 16.5. The van der Waals surface area contributed by atoms with Crippen molar-refractivity contribution in [3.63, 3.8) is 0 Å². The number of nitrogens with zero attached hydrogens (tertiary/aromatic N) is 1. The van der Waals surface area contributed by atoms with Crippen LogP contribution in [0, 0.1) is 12.8 Å². The van der Waals surface area contributed by atoms with Gasteiger partial charge in [0.1, 0.15) is 5.75 Å². The topological polar surface area (TPSA) is 43.4 Å². The minimum absolute atomic E-state index is 0.654. The van der Waals surface area contributed by atoms with Gasteiger partial charge in [0.05, 0.1) is 18.9 Å². The number of aryl methyl sites for hydroxylation is 1. The highest BCUT2D eigenvalue weighted by Gasteiger charge is 2.06. The van der Waals surface area contributed by atoms with Crippen LogP contribution >= 0.6 is 0 Å². The third kappa shape index (κ3) is 6.55. The van der Waals surface area contributed by atoms with Gasteiger partial charge in [-0.25, -0.2) is 0 Å². The smallest absolute Gasteiger partial charge is 0.142 e. The maximum absolute atomic E-state index is 5.83. The van der Waals surface area contributed by atoms with Gasteiger partial charge in [-0.3, -0.25) is 4.98 Å². The van der Waals surface area contributed by atoms with E-state index in [0.717, 1.165) is 36.7 Å². The number of hydrogen-bond donors (Lipinski definition) is 1. The van der Waals surface area contributed by atoms with Crippen molar-refractivity contribution in [2.45, 2.75) is 33.7 Å². The first-order valence-electron chi connectivity index (χ1n) is 6.92. The lowest BCUT2D eigenvalue weighted by molar-refractivity contribution is 0.198. The zero-order valence-corrected chi connectivity index (χ0v) is 12.5. The van der Waals surface area contributed by atoms with Crippen LogP contribution in [0.15, 0.2) is 12.1 Å². The molecular formula is C15H26N2O2. The minimum atomic E-state index is 0.654. The summed E-state index contributed by atoms with van der Waals surface area (Å²) in [7, 11) is 1.70. The molecule has 0 saturated carbocycles. The lowest BCUT2D eigenvalue weighted by Gasteiger charge is -2.13. The number of methoxy groups -OCH3 is 1. The van der Waals surface area contributed by atoms with Crippen LogP contribution in [-0.2, 0) is 11.3 Å². The number of aromatic nitrogens is 1. The molecular weight excluding hydrogens is 240 g/mol. The molecule has 0 saturated heterocycles. The van der Waals surface area contributed by atoms with E-state index >= 15 is 0 Å². The Hall–Kier alpha value is -1.13. The molecule has 19 heavy (non-hydrogen) atoms. The minimum Gasteiger partial charge on any atom is -0.492 e. The van der Waals surface area contributed by atoms with E-state index in [-0.39, 0.29) is 0 Å². The molecule has 0 aromatic carbocycles. The molecule has 0 aliphatic carbocycles. The molecule has 0 radical (unpaired) electrons. The highest BCUT2D eigenvalue weighted by molar-refractivity contribution is 5.29. The van der Waals surface area contributed by atoms with E-state index in [1.807, 2.05) is 19.1 Å². The monoisotopic (exact) mass is 266 g/mol. The van der Waals surface area contributed by atoms with Gasteiger partial charge >= 0.3 is 0 Å². The van der Waals surface area contributed by atoms with Gasteiger partial charge in [0.25, 0.3) is 0 Å². The molecule has 0 spiro atoms. The second kappa shape index (κ2) is 8.88. The fraction of sp³-hybridized carbons (Fsp3) is 0.667. The van der Waals surface area contributed by atoms with Crippen LogP contribution in [-0.4, -0.2) is 31.9 Å². The number of rotatable bonds is 9. The molecule has 0 unspecified atom stereocenters. The molecule has 4 heteroatoms. The third-order valence-corrected chi connectivity index (χ3v) is 2.80. The largest absolute Gasteiger partial charge is 0.492 e. The zero-order chi connectivity index (χ0) is 14.1. The molecule has 4 nitrogen and oxygen atoms in total. The van der Waals surface area contributed by atoms with E-state index in [1.165, 1.54) is 0 Å². The van der Waals surface area contributed by atoms with Gasteiger partial charge in [-0.2, -0.15) is 0 Å². The average Bonchev–Trinajstić information content (AvgIpc) is 2.36. The average molecular weight is 266 g/mol. The first kappa shape index (κ1) is 15.9. The van der Waals surface area contributed by atoms with Crippen LogP contribution in [0.25, 0.3) is 0 Å². The molecule has 1 aromatic rings. The lowest BCUT2D eigenvalue weighted by Crippen LogP contribution is -2.20. The van der Waals surface area contributed by atoms with E-state index in [0.29, 0.717) is 19.1 Å². The molecule has 108 valence electrons. The summed E-state index contributed by atoms with van der Waals surface area (Å²) in [6.45, 7) is 9.37. The zero-order valence-electron chi connectivity index (χ0n) is 12.5. The van der Waals surface area contributed by atoms with E-state index in [9.17, 15) is 0 Å². The summed E-state index contributed by atoms with van der Waals surface area (Å²) in [5.41, 5.74) is 1.99. The first-order valence-corrected chi connectivity index (χ1v) is 6.92. The van der Waals surface area contributed by atoms with Crippen molar-refractivity contribution in [2.24, 2.45) is 5.92 Å². The molecule has 1 heterocycles. The highest BCUT2D eigenvalue weighted by Crippen LogP contribution is 2.17. The number of hydrogen-bond acceptors (Lipinski definition) is 4. The second-order valence-corrected chi connectivity index (χ2v) is 5.10. The molecule has 0 aliphatic rings. The Labute approximate surface area is 116 Å². The van der Waals surface area contributed by atoms with Gasteiger partial charge in [-0.1, -0.05) is 13.8 Å². The van der Waals surface area contributed by atoms with Crippen LogP contribution in [0.4, 0.5) is 0 Å². The summed E-state index contributed by atoms with van der Waals surface area (Å²) < 4.78 is 10.8. The Morgan fingerprint density at radius 1 is 1.26 bits per heavy atom. The summed E-state index contributed by atoms with van der Waals surface area (Å²) in [6, 6.07) is 4.00. The Kier molecular flexibility index (Phi) is 7.45. The maximum Gasteiger partial charge on any atom is 0.142 e. The normalized spacial score (nSPS) is 11.0.